The van der Waals surface area contributed by atoms with Crippen LogP contribution < -0.4 is 0 Å². The highest BCUT2D eigenvalue weighted by Crippen LogP contribution is 2.60. The minimum absolute atomic E-state index is 0.0266. The maximum Gasteiger partial charge on any atom is 0.310 e. The monoisotopic (exact) mass is 392 g/mol. The first kappa shape index (κ1) is 22.7. The zero-order valence-electron chi connectivity index (χ0n) is 18.0. The van der Waals surface area contributed by atoms with Crippen LogP contribution in [0.1, 0.15) is 73.1 Å². The SMILES string of the molecule is C=C(C)C(CC[C@@]1(C)CC/C(C)=C/[C@H](OC(C)=O)C[C@](C)(O)[C@H]2C[C@@H]21)C(=O)O. The fraction of sp³-hybridized carbons (Fsp3) is 0.739. The van der Waals surface area contributed by atoms with Gasteiger partial charge < -0.3 is 14.9 Å². The smallest absolute Gasteiger partial charge is 0.310 e. The second kappa shape index (κ2) is 8.40. The molecule has 6 atom stereocenters. The molecule has 0 saturated heterocycles. The van der Waals surface area contributed by atoms with Gasteiger partial charge in [-0.3, -0.25) is 9.59 Å². The summed E-state index contributed by atoms with van der Waals surface area (Å²) in [5, 5.41) is 20.6. The van der Waals surface area contributed by atoms with Crippen LogP contribution in [0.15, 0.2) is 23.8 Å². The number of allylic oxidation sites excluding steroid dienone is 1. The number of rotatable bonds is 6. The van der Waals surface area contributed by atoms with Gasteiger partial charge in [-0.25, -0.2) is 0 Å². The molecule has 0 bridgehead atoms. The molecule has 0 aromatic heterocycles. The topological polar surface area (TPSA) is 83.8 Å². The summed E-state index contributed by atoms with van der Waals surface area (Å²) in [4.78, 5) is 23.0. The zero-order valence-corrected chi connectivity index (χ0v) is 18.0. The fourth-order valence-electron chi connectivity index (χ4n) is 4.99. The number of hydrogen-bond donors (Lipinski definition) is 2. The maximum absolute atomic E-state index is 11.6. The summed E-state index contributed by atoms with van der Waals surface area (Å²) in [6, 6.07) is 0. The Morgan fingerprint density at radius 1 is 1.32 bits per heavy atom. The number of ether oxygens (including phenoxy) is 1. The molecule has 0 aliphatic heterocycles. The van der Waals surface area contributed by atoms with E-state index in [1.807, 2.05) is 19.9 Å². The van der Waals surface area contributed by atoms with Gasteiger partial charge in [0.1, 0.15) is 6.10 Å². The normalized spacial score (nSPS) is 38.4. The molecule has 0 aromatic carbocycles. The van der Waals surface area contributed by atoms with Crippen molar-refractivity contribution in [2.45, 2.75) is 84.8 Å². The van der Waals surface area contributed by atoms with E-state index in [4.69, 9.17) is 4.74 Å². The summed E-state index contributed by atoms with van der Waals surface area (Å²) >= 11 is 0. The van der Waals surface area contributed by atoms with Crippen molar-refractivity contribution < 1.29 is 24.5 Å². The Hall–Kier alpha value is -1.62. The Morgan fingerprint density at radius 2 is 1.96 bits per heavy atom. The molecule has 28 heavy (non-hydrogen) atoms. The van der Waals surface area contributed by atoms with Crippen LogP contribution in [0.2, 0.25) is 0 Å². The van der Waals surface area contributed by atoms with Crippen LogP contribution in [0, 0.1) is 23.2 Å². The quantitative estimate of drug-likeness (QED) is 0.514. The third-order valence-electron chi connectivity index (χ3n) is 6.87. The summed E-state index contributed by atoms with van der Waals surface area (Å²) in [5.41, 5.74) is 0.889. The number of fused-ring (bicyclic) bond motifs is 1. The molecule has 0 heterocycles. The van der Waals surface area contributed by atoms with Gasteiger partial charge in [0.25, 0.3) is 0 Å². The van der Waals surface area contributed by atoms with Gasteiger partial charge in [0.2, 0.25) is 0 Å². The molecule has 1 fully saturated rings. The average molecular weight is 393 g/mol. The van der Waals surface area contributed by atoms with E-state index in [0.717, 1.165) is 31.3 Å². The van der Waals surface area contributed by atoms with Gasteiger partial charge >= 0.3 is 11.9 Å². The summed E-state index contributed by atoms with van der Waals surface area (Å²) in [5.74, 6) is -1.16. The Labute approximate surface area is 168 Å². The van der Waals surface area contributed by atoms with E-state index >= 15 is 0 Å². The Balaban J connectivity index is 2.22. The molecule has 0 spiro atoms. The van der Waals surface area contributed by atoms with Crippen molar-refractivity contribution in [1.29, 1.82) is 0 Å². The van der Waals surface area contributed by atoms with E-state index in [1.165, 1.54) is 6.92 Å². The highest BCUT2D eigenvalue weighted by atomic mass is 16.5. The molecule has 2 aliphatic carbocycles. The lowest BCUT2D eigenvalue weighted by Crippen LogP contribution is -2.37. The van der Waals surface area contributed by atoms with Crippen LogP contribution in [0.4, 0.5) is 0 Å². The Bertz CT molecular complexity index is 648. The molecule has 1 unspecified atom stereocenters. The first-order valence-corrected chi connectivity index (χ1v) is 10.3. The molecule has 2 aliphatic rings. The molecule has 0 radical (unpaired) electrons. The lowest BCUT2D eigenvalue weighted by Gasteiger charge is -2.36. The lowest BCUT2D eigenvalue weighted by molar-refractivity contribution is -0.147. The van der Waals surface area contributed by atoms with Gasteiger partial charge in [0, 0.05) is 13.3 Å². The fourth-order valence-corrected chi connectivity index (χ4v) is 4.99. The number of carboxylic acid groups (broad SMARTS) is 1. The highest BCUT2D eigenvalue weighted by Gasteiger charge is 2.57. The van der Waals surface area contributed by atoms with Crippen molar-refractivity contribution in [3.05, 3.63) is 23.8 Å². The predicted octanol–water partition coefficient (Wildman–Crippen LogP) is 4.50. The number of esters is 1. The number of hydrogen-bond acceptors (Lipinski definition) is 4. The molecule has 0 aromatic rings. The van der Waals surface area contributed by atoms with Crippen LogP contribution >= 0.6 is 0 Å². The van der Waals surface area contributed by atoms with Crippen LogP contribution in [0.25, 0.3) is 0 Å². The van der Waals surface area contributed by atoms with Gasteiger partial charge in [0.05, 0.1) is 11.5 Å². The third-order valence-corrected chi connectivity index (χ3v) is 6.87. The highest BCUT2D eigenvalue weighted by molar-refractivity contribution is 5.73. The largest absolute Gasteiger partial charge is 0.481 e. The van der Waals surface area contributed by atoms with Crippen LogP contribution in [0.3, 0.4) is 0 Å². The minimum Gasteiger partial charge on any atom is -0.481 e. The van der Waals surface area contributed by atoms with Crippen molar-refractivity contribution in [2.75, 3.05) is 0 Å². The Kier molecular flexibility index (Phi) is 6.80. The van der Waals surface area contributed by atoms with E-state index in [2.05, 4.69) is 13.5 Å². The van der Waals surface area contributed by atoms with Crippen molar-refractivity contribution in [3.8, 4) is 0 Å². The van der Waals surface area contributed by atoms with Crippen LogP contribution in [0.5, 0.6) is 0 Å². The zero-order chi connectivity index (χ0) is 21.3. The second-order valence-electron chi connectivity index (χ2n) is 9.60. The molecular formula is C23H36O5. The molecule has 5 nitrogen and oxygen atoms in total. The lowest BCUT2D eigenvalue weighted by atomic mass is 9.71. The maximum atomic E-state index is 11.6. The first-order valence-electron chi connectivity index (χ1n) is 10.3. The number of carbonyl (C=O) groups is 2. The number of carboxylic acids is 1. The Morgan fingerprint density at radius 3 is 2.50 bits per heavy atom. The molecule has 0 amide bonds. The van der Waals surface area contributed by atoms with Crippen molar-refractivity contribution >= 4 is 11.9 Å². The van der Waals surface area contributed by atoms with E-state index in [0.29, 0.717) is 24.3 Å². The molecule has 2 N–H and O–H groups in total. The van der Waals surface area contributed by atoms with E-state index in [9.17, 15) is 19.8 Å². The molecule has 5 heteroatoms. The first-order chi connectivity index (χ1) is 12.9. The summed E-state index contributed by atoms with van der Waals surface area (Å²) < 4.78 is 5.43. The van der Waals surface area contributed by atoms with Crippen LogP contribution in [-0.2, 0) is 14.3 Å². The molecule has 1 saturated carbocycles. The van der Waals surface area contributed by atoms with Crippen molar-refractivity contribution in [1.82, 2.24) is 0 Å². The van der Waals surface area contributed by atoms with Gasteiger partial charge in [-0.2, -0.15) is 0 Å². The summed E-state index contributed by atoms with van der Waals surface area (Å²) in [6.07, 6.45) is 6.07. The molecular weight excluding hydrogens is 356 g/mol. The van der Waals surface area contributed by atoms with E-state index in [-0.39, 0.29) is 17.3 Å². The standard InChI is InChI=1S/C23H36O5/c1-14(2)18(21(25)26)8-10-22(5)9-7-15(3)11-17(28-16(4)24)13-23(6,27)20-12-19(20)22/h11,17-20,27H,1,7-10,12-13H2,2-6H3,(H,25,26)/b15-11+/t17-,18?,19-,20-,22+,23-/m0/s1. The van der Waals surface area contributed by atoms with E-state index < -0.39 is 23.6 Å². The average Bonchev–Trinajstić information content (AvgIpc) is 3.32. The predicted molar refractivity (Wildman–Crippen MR) is 109 cm³/mol. The number of aliphatic carboxylic acids is 1. The van der Waals surface area contributed by atoms with Crippen LogP contribution in [-0.4, -0.2) is 33.9 Å². The van der Waals surface area contributed by atoms with Gasteiger partial charge in [-0.15, -0.1) is 0 Å². The summed E-state index contributed by atoms with van der Waals surface area (Å²) in [6.45, 7) is 13.1. The van der Waals surface area contributed by atoms with Crippen molar-refractivity contribution in [2.24, 2.45) is 23.2 Å². The van der Waals surface area contributed by atoms with Gasteiger partial charge in [-0.1, -0.05) is 24.6 Å². The minimum atomic E-state index is -0.916. The number of aliphatic hydroxyl groups is 1. The van der Waals surface area contributed by atoms with E-state index in [1.54, 1.807) is 6.92 Å². The summed E-state index contributed by atoms with van der Waals surface area (Å²) in [7, 11) is 0. The molecule has 158 valence electrons. The van der Waals surface area contributed by atoms with Gasteiger partial charge in [-0.05, 0) is 76.2 Å². The molecule has 2 rings (SSSR count). The van der Waals surface area contributed by atoms with Crippen molar-refractivity contribution in [3.63, 3.8) is 0 Å². The number of carbonyl (C=O) groups excluding carboxylic acids is 1. The third kappa shape index (κ3) is 5.47. The second-order valence-corrected chi connectivity index (χ2v) is 9.60. The van der Waals surface area contributed by atoms with Gasteiger partial charge in [0.15, 0.2) is 0 Å².